The number of nitrogens with one attached hydrogen (secondary N) is 1. The second-order valence-electron chi connectivity index (χ2n) is 4.97. The van der Waals surface area contributed by atoms with Gasteiger partial charge in [-0.15, -0.1) is 0 Å². The van der Waals surface area contributed by atoms with Crippen molar-refractivity contribution in [1.82, 2.24) is 15.3 Å². The monoisotopic (exact) mass is 317 g/mol. The van der Waals surface area contributed by atoms with Crippen molar-refractivity contribution in [2.45, 2.75) is 36.9 Å². The Labute approximate surface area is 127 Å². The van der Waals surface area contributed by atoms with E-state index in [0.29, 0.717) is 5.69 Å². The largest absolute Gasteiger partial charge is 0.395 e. The second-order valence-corrected chi connectivity index (χ2v) is 4.97. The summed E-state index contributed by atoms with van der Waals surface area (Å²) in [7, 11) is 1.61. The van der Waals surface area contributed by atoms with Gasteiger partial charge >= 0.3 is 0 Å². The average Bonchev–Trinajstić information content (AvgIpc) is 2.54. The van der Waals surface area contributed by atoms with Crippen molar-refractivity contribution in [1.29, 1.82) is 0 Å². The van der Waals surface area contributed by atoms with Gasteiger partial charge in [0.05, 0.1) is 42.9 Å². The number of aliphatic hydroxyl groups is 6. The molecular weight excluding hydrogens is 294 g/mol. The number of aliphatic hydroxyl groups excluding tert-OH is 6. The molecule has 126 valence electrons. The number of hydrogen-bond acceptors (Lipinski definition) is 9. The van der Waals surface area contributed by atoms with Crippen molar-refractivity contribution < 1.29 is 30.6 Å². The molecule has 0 aliphatic rings. The predicted octanol–water partition coefficient (Wildman–Crippen LogP) is -3.29. The van der Waals surface area contributed by atoms with Gasteiger partial charge < -0.3 is 36.0 Å². The van der Waals surface area contributed by atoms with E-state index in [4.69, 9.17) is 10.2 Å². The summed E-state index contributed by atoms with van der Waals surface area (Å²) in [6.45, 7) is -0.921. The van der Waals surface area contributed by atoms with Gasteiger partial charge in [0.1, 0.15) is 18.3 Å². The second kappa shape index (κ2) is 9.06. The van der Waals surface area contributed by atoms with Crippen LogP contribution in [0.2, 0.25) is 0 Å². The summed E-state index contributed by atoms with van der Waals surface area (Å²) in [5.74, 6) is 0. The van der Waals surface area contributed by atoms with Crippen LogP contribution in [0, 0.1) is 0 Å². The average molecular weight is 317 g/mol. The minimum atomic E-state index is -1.58. The van der Waals surface area contributed by atoms with E-state index < -0.39 is 37.1 Å². The molecule has 1 rings (SSSR count). The molecule has 0 amide bonds. The lowest BCUT2D eigenvalue weighted by Crippen LogP contribution is -2.41. The maximum absolute atomic E-state index is 9.89. The van der Waals surface area contributed by atoms with Crippen LogP contribution in [0.15, 0.2) is 12.4 Å². The molecule has 0 aliphatic heterocycles. The standard InChI is InChI=1S/C13H23N3O6/c1-14-9(5-17)10(19)2-7-3-16-8(4-15-7)12(21)13(22)11(20)6-18/h3-4,9-14,17-22H,2,5-6H2,1H3/t9-,10+,11+,12+,13+/m0/s1. The zero-order valence-electron chi connectivity index (χ0n) is 12.2. The van der Waals surface area contributed by atoms with Crippen molar-refractivity contribution in [3.63, 3.8) is 0 Å². The highest BCUT2D eigenvalue weighted by molar-refractivity contribution is 5.08. The van der Waals surface area contributed by atoms with Gasteiger partial charge in [0, 0.05) is 12.6 Å². The molecule has 0 radical (unpaired) electrons. The van der Waals surface area contributed by atoms with Gasteiger partial charge in [-0.2, -0.15) is 0 Å². The van der Waals surface area contributed by atoms with Crippen LogP contribution >= 0.6 is 0 Å². The Morgan fingerprint density at radius 1 is 1.00 bits per heavy atom. The minimum absolute atomic E-state index is 0.0329. The van der Waals surface area contributed by atoms with Gasteiger partial charge in [0.15, 0.2) is 0 Å². The third-order valence-electron chi connectivity index (χ3n) is 3.38. The number of rotatable bonds is 9. The first-order chi connectivity index (χ1) is 10.4. The highest BCUT2D eigenvalue weighted by Crippen LogP contribution is 2.16. The number of hydrogen-bond donors (Lipinski definition) is 7. The topological polar surface area (TPSA) is 159 Å². The first kappa shape index (κ1) is 18.8. The highest BCUT2D eigenvalue weighted by Gasteiger charge is 2.27. The van der Waals surface area contributed by atoms with Gasteiger partial charge in [-0.25, -0.2) is 0 Å². The van der Waals surface area contributed by atoms with Crippen molar-refractivity contribution >= 4 is 0 Å². The quantitative estimate of drug-likeness (QED) is 0.248. The fourth-order valence-corrected chi connectivity index (χ4v) is 1.88. The van der Waals surface area contributed by atoms with Crippen molar-refractivity contribution in [3.05, 3.63) is 23.8 Å². The fourth-order valence-electron chi connectivity index (χ4n) is 1.88. The molecule has 0 spiro atoms. The number of aromatic nitrogens is 2. The van der Waals surface area contributed by atoms with E-state index in [1.807, 2.05) is 0 Å². The maximum Gasteiger partial charge on any atom is 0.126 e. The fraction of sp³-hybridized carbons (Fsp3) is 0.692. The van der Waals surface area contributed by atoms with Gasteiger partial charge in [-0.05, 0) is 7.05 Å². The summed E-state index contributed by atoms with van der Waals surface area (Å²) in [4.78, 5) is 7.93. The first-order valence-electron chi connectivity index (χ1n) is 6.86. The highest BCUT2D eigenvalue weighted by atomic mass is 16.4. The molecule has 1 aromatic rings. The van der Waals surface area contributed by atoms with E-state index in [0.717, 1.165) is 0 Å². The number of nitrogens with zero attached hydrogens (tertiary/aromatic N) is 2. The van der Waals surface area contributed by atoms with Crippen molar-refractivity contribution in [3.8, 4) is 0 Å². The molecule has 0 aromatic carbocycles. The Morgan fingerprint density at radius 2 is 1.68 bits per heavy atom. The molecule has 0 saturated carbocycles. The van der Waals surface area contributed by atoms with E-state index in [9.17, 15) is 20.4 Å². The van der Waals surface area contributed by atoms with E-state index in [1.54, 1.807) is 7.05 Å². The summed E-state index contributed by atoms with van der Waals surface area (Å²) < 4.78 is 0. The molecule has 0 fully saturated rings. The Hall–Kier alpha value is -1.20. The van der Waals surface area contributed by atoms with Crippen LogP contribution < -0.4 is 5.32 Å². The predicted molar refractivity (Wildman–Crippen MR) is 75.7 cm³/mol. The molecule has 5 atom stereocenters. The van der Waals surface area contributed by atoms with Crippen LogP contribution in [-0.4, -0.2) is 85.2 Å². The van der Waals surface area contributed by atoms with Crippen LogP contribution in [0.3, 0.4) is 0 Å². The molecule has 1 aromatic heterocycles. The van der Waals surface area contributed by atoms with Gasteiger partial charge in [0.2, 0.25) is 0 Å². The third-order valence-corrected chi connectivity index (χ3v) is 3.38. The van der Waals surface area contributed by atoms with Gasteiger partial charge in [-0.3, -0.25) is 9.97 Å². The van der Waals surface area contributed by atoms with Crippen LogP contribution in [0.25, 0.3) is 0 Å². The van der Waals surface area contributed by atoms with Crippen LogP contribution in [-0.2, 0) is 6.42 Å². The zero-order chi connectivity index (χ0) is 16.7. The number of likely N-dealkylation sites (N-methyl/N-ethyl adjacent to an activating group) is 1. The minimum Gasteiger partial charge on any atom is -0.395 e. The third kappa shape index (κ3) is 4.92. The van der Waals surface area contributed by atoms with E-state index >= 15 is 0 Å². The summed E-state index contributed by atoms with van der Waals surface area (Å²) in [6, 6.07) is -0.492. The Kier molecular flexibility index (Phi) is 7.76. The lowest BCUT2D eigenvalue weighted by Gasteiger charge is -2.21. The van der Waals surface area contributed by atoms with Crippen LogP contribution in [0.5, 0.6) is 0 Å². The lowest BCUT2D eigenvalue weighted by atomic mass is 10.1. The molecule has 9 heteroatoms. The molecule has 0 bridgehead atoms. The molecule has 7 N–H and O–H groups in total. The maximum atomic E-state index is 9.89. The summed E-state index contributed by atoms with van der Waals surface area (Å²) in [5, 5.41) is 59.1. The molecule has 0 saturated heterocycles. The normalized spacial score (nSPS) is 18.5. The summed E-state index contributed by atoms with van der Waals surface area (Å²) in [6.07, 6.45) is -2.73. The summed E-state index contributed by atoms with van der Waals surface area (Å²) in [5.41, 5.74) is 0.472. The first-order valence-corrected chi connectivity index (χ1v) is 6.86. The SMILES string of the molecule is CN[C@@H](CO)[C@H](O)Cc1cnc([C@@H](O)[C@H](O)[C@H](O)CO)cn1. The Bertz CT molecular complexity index is 428. The zero-order valence-corrected chi connectivity index (χ0v) is 12.2. The molecule has 1 heterocycles. The molecular formula is C13H23N3O6. The summed E-state index contributed by atoms with van der Waals surface area (Å²) >= 11 is 0. The van der Waals surface area contributed by atoms with Crippen LogP contribution in [0.4, 0.5) is 0 Å². The van der Waals surface area contributed by atoms with Crippen LogP contribution in [0.1, 0.15) is 17.5 Å². The Balaban J connectivity index is 2.70. The van der Waals surface area contributed by atoms with Gasteiger partial charge in [0.25, 0.3) is 0 Å². The van der Waals surface area contributed by atoms with Gasteiger partial charge in [-0.1, -0.05) is 0 Å². The van der Waals surface area contributed by atoms with Crippen molar-refractivity contribution in [2.24, 2.45) is 0 Å². The molecule has 0 unspecified atom stereocenters. The molecule has 9 nitrogen and oxygen atoms in total. The lowest BCUT2D eigenvalue weighted by molar-refractivity contribution is -0.0790. The Morgan fingerprint density at radius 3 is 2.14 bits per heavy atom. The van der Waals surface area contributed by atoms with E-state index in [1.165, 1.54) is 12.4 Å². The molecule has 0 aliphatic carbocycles. The smallest absolute Gasteiger partial charge is 0.126 e. The van der Waals surface area contributed by atoms with E-state index in [-0.39, 0.29) is 18.7 Å². The van der Waals surface area contributed by atoms with Crippen molar-refractivity contribution in [2.75, 3.05) is 20.3 Å². The van der Waals surface area contributed by atoms with E-state index in [2.05, 4.69) is 15.3 Å². The molecule has 22 heavy (non-hydrogen) atoms.